The molecule has 1 aliphatic rings. The van der Waals surface area contributed by atoms with E-state index in [0.29, 0.717) is 5.39 Å². The van der Waals surface area contributed by atoms with Crippen LogP contribution in [0.2, 0.25) is 0 Å². The average molecular weight is 533 g/mol. The molecule has 1 aromatic heterocycles. The van der Waals surface area contributed by atoms with E-state index in [0.717, 1.165) is 4.57 Å². The standard InChI is InChI=1S/C14H18NO15P3/c16-9-10(17)13(15-6-5-7-3-1-2-4-8(7)12(15)18)27-11(9)14(19)28-32(23,24)30-33(25,26)29-31(20,21)22/h1-6,9-11,13-14,16-17,19H,(H,23,24)(H,25,26)(H2,20,21,22)/t9-,10+,11-,13+,14?/m0/s1. The molecule has 0 aliphatic carbocycles. The average Bonchev–Trinajstić information content (AvgIpc) is 2.94. The lowest BCUT2D eigenvalue weighted by Crippen LogP contribution is -2.39. The molecular formula is C14H18NO15P3. The van der Waals surface area contributed by atoms with Gasteiger partial charge in [0.25, 0.3) is 5.56 Å². The van der Waals surface area contributed by atoms with Gasteiger partial charge in [-0.2, -0.15) is 8.62 Å². The highest BCUT2D eigenvalue weighted by atomic mass is 31.3. The molecule has 1 aromatic carbocycles. The van der Waals surface area contributed by atoms with Gasteiger partial charge in [0.1, 0.15) is 18.3 Å². The SMILES string of the molecule is O=c1c2ccccc2ccn1[C@@H]1O[C@H](C(O)OP(=O)(O)OP(=O)(O)OP(=O)(O)O)[C@@H](O)[C@H]1O. The molecule has 0 radical (unpaired) electrons. The molecule has 1 fully saturated rings. The van der Waals surface area contributed by atoms with Crippen LogP contribution in [0, 0.1) is 0 Å². The zero-order valence-corrected chi connectivity index (χ0v) is 18.7. The van der Waals surface area contributed by atoms with Gasteiger partial charge in [0.2, 0.25) is 0 Å². The largest absolute Gasteiger partial charge is 0.490 e. The fraction of sp³-hybridized carbons (Fsp3) is 0.357. The van der Waals surface area contributed by atoms with Crippen molar-refractivity contribution in [3.8, 4) is 0 Å². The number of hydrogen-bond donors (Lipinski definition) is 7. The zero-order valence-electron chi connectivity index (χ0n) is 16.0. The zero-order chi connectivity index (χ0) is 24.8. The molecule has 0 spiro atoms. The van der Waals surface area contributed by atoms with Crippen LogP contribution in [-0.4, -0.2) is 64.1 Å². The third-order valence-corrected chi connectivity index (χ3v) is 8.14. The third kappa shape index (κ3) is 6.22. The minimum atomic E-state index is -5.85. The summed E-state index contributed by atoms with van der Waals surface area (Å²) in [5.74, 6) is 0. The molecule has 2 heterocycles. The summed E-state index contributed by atoms with van der Waals surface area (Å²) >= 11 is 0. The van der Waals surface area contributed by atoms with E-state index >= 15 is 0 Å². The fourth-order valence-electron chi connectivity index (χ4n) is 3.05. The molecular weight excluding hydrogens is 515 g/mol. The summed E-state index contributed by atoms with van der Waals surface area (Å²) in [7, 11) is -17.2. The Bertz CT molecular complexity index is 1230. The van der Waals surface area contributed by atoms with Gasteiger partial charge >= 0.3 is 23.5 Å². The Morgan fingerprint density at radius 3 is 2.21 bits per heavy atom. The summed E-state index contributed by atoms with van der Waals surface area (Å²) in [6.07, 6.45) is -8.75. The molecule has 0 amide bonds. The van der Waals surface area contributed by atoms with Crippen molar-refractivity contribution in [3.05, 3.63) is 46.9 Å². The van der Waals surface area contributed by atoms with Gasteiger partial charge in [-0.25, -0.2) is 13.7 Å². The summed E-state index contributed by atoms with van der Waals surface area (Å²) in [4.78, 5) is 48.3. The molecule has 16 nitrogen and oxygen atoms in total. The van der Waals surface area contributed by atoms with E-state index in [1.165, 1.54) is 18.3 Å². The van der Waals surface area contributed by atoms with Crippen LogP contribution < -0.4 is 5.56 Å². The van der Waals surface area contributed by atoms with Crippen LogP contribution in [-0.2, 0) is 31.6 Å². The molecule has 19 heteroatoms. The molecule has 33 heavy (non-hydrogen) atoms. The van der Waals surface area contributed by atoms with Crippen molar-refractivity contribution >= 4 is 34.2 Å². The topological polar surface area (TPSA) is 252 Å². The van der Waals surface area contributed by atoms with Gasteiger partial charge in [-0.15, -0.1) is 0 Å². The summed E-state index contributed by atoms with van der Waals surface area (Å²) in [6.45, 7) is 0. The highest BCUT2D eigenvalue weighted by Gasteiger charge is 2.50. The smallest absolute Gasteiger partial charge is 0.387 e. The minimum absolute atomic E-state index is 0.238. The monoisotopic (exact) mass is 533 g/mol. The first-order chi connectivity index (χ1) is 15.1. The van der Waals surface area contributed by atoms with E-state index in [1.807, 2.05) is 0 Å². The van der Waals surface area contributed by atoms with Crippen LogP contribution in [0.5, 0.6) is 0 Å². The van der Waals surface area contributed by atoms with Gasteiger partial charge in [-0.05, 0) is 17.5 Å². The molecule has 2 aromatic rings. The number of phosphoric acid groups is 3. The summed E-state index contributed by atoms with van der Waals surface area (Å²) in [5, 5.41) is 31.3. The number of fused-ring (bicyclic) bond motifs is 1. The van der Waals surface area contributed by atoms with Crippen LogP contribution >= 0.6 is 23.5 Å². The van der Waals surface area contributed by atoms with Crippen molar-refractivity contribution in [1.29, 1.82) is 0 Å². The highest BCUT2D eigenvalue weighted by molar-refractivity contribution is 7.66. The van der Waals surface area contributed by atoms with Crippen LogP contribution in [0.4, 0.5) is 0 Å². The lowest BCUT2D eigenvalue weighted by atomic mass is 10.1. The molecule has 1 aliphatic heterocycles. The Kier molecular flexibility index (Phi) is 7.47. The van der Waals surface area contributed by atoms with Crippen molar-refractivity contribution in [2.45, 2.75) is 30.8 Å². The van der Waals surface area contributed by atoms with E-state index in [-0.39, 0.29) is 5.39 Å². The number of hydrogen-bond acceptors (Lipinski definition) is 11. The summed E-state index contributed by atoms with van der Waals surface area (Å²) < 4.78 is 51.2. The molecule has 184 valence electrons. The van der Waals surface area contributed by atoms with Crippen molar-refractivity contribution < 1.29 is 66.5 Å². The van der Waals surface area contributed by atoms with Gasteiger partial charge in [-0.3, -0.25) is 13.9 Å². The molecule has 1 saturated heterocycles. The number of benzene rings is 1. The maximum absolute atomic E-state index is 12.7. The van der Waals surface area contributed by atoms with E-state index < -0.39 is 59.9 Å². The number of rotatable bonds is 8. The molecule has 7 atom stereocenters. The van der Waals surface area contributed by atoms with Crippen molar-refractivity contribution in [1.82, 2.24) is 4.57 Å². The second kappa shape index (κ2) is 9.38. The van der Waals surface area contributed by atoms with Crippen molar-refractivity contribution in [2.75, 3.05) is 0 Å². The third-order valence-electron chi connectivity index (χ3n) is 4.33. The van der Waals surface area contributed by atoms with Gasteiger partial charge in [0.05, 0.1) is 0 Å². The van der Waals surface area contributed by atoms with Crippen molar-refractivity contribution in [2.24, 2.45) is 0 Å². The first-order valence-corrected chi connectivity index (χ1v) is 13.2. The second-order valence-electron chi connectivity index (χ2n) is 6.67. The van der Waals surface area contributed by atoms with Crippen LogP contribution in [0.15, 0.2) is 41.3 Å². The Balaban J connectivity index is 1.77. The number of aliphatic hydroxyl groups is 3. The Hall–Kier alpha value is -1.32. The first kappa shape index (κ1) is 26.3. The first-order valence-electron chi connectivity index (χ1n) is 8.72. The lowest BCUT2D eigenvalue weighted by Gasteiger charge is -2.23. The van der Waals surface area contributed by atoms with Gasteiger partial charge in [0.15, 0.2) is 12.5 Å². The van der Waals surface area contributed by atoms with Crippen LogP contribution in [0.1, 0.15) is 6.23 Å². The van der Waals surface area contributed by atoms with E-state index in [2.05, 4.69) is 13.1 Å². The number of pyridine rings is 1. The number of aromatic nitrogens is 1. The van der Waals surface area contributed by atoms with Gasteiger partial charge in [0, 0.05) is 11.6 Å². The Morgan fingerprint density at radius 1 is 0.939 bits per heavy atom. The molecule has 7 N–H and O–H groups in total. The lowest BCUT2D eigenvalue weighted by molar-refractivity contribution is -0.161. The Labute approximate surface area is 183 Å². The van der Waals surface area contributed by atoms with Crippen LogP contribution in [0.25, 0.3) is 10.8 Å². The van der Waals surface area contributed by atoms with Gasteiger partial charge in [-0.1, -0.05) is 18.2 Å². The summed E-state index contributed by atoms with van der Waals surface area (Å²) in [6, 6.07) is 7.93. The quantitative estimate of drug-likeness (QED) is 0.163. The Morgan fingerprint density at radius 2 is 1.58 bits per heavy atom. The van der Waals surface area contributed by atoms with E-state index in [1.54, 1.807) is 18.2 Å². The maximum Gasteiger partial charge on any atom is 0.490 e. The molecule has 0 bridgehead atoms. The minimum Gasteiger partial charge on any atom is -0.387 e. The summed E-state index contributed by atoms with van der Waals surface area (Å²) in [5.41, 5.74) is -0.632. The maximum atomic E-state index is 12.7. The highest BCUT2D eigenvalue weighted by Crippen LogP contribution is 2.66. The van der Waals surface area contributed by atoms with E-state index in [4.69, 9.17) is 19.4 Å². The predicted molar refractivity (Wildman–Crippen MR) is 105 cm³/mol. The molecule has 3 unspecified atom stereocenters. The number of aliphatic hydroxyl groups excluding tert-OH is 3. The predicted octanol–water partition coefficient (Wildman–Crippen LogP) is -0.718. The van der Waals surface area contributed by atoms with Gasteiger partial charge < -0.3 is 39.6 Å². The molecule has 0 saturated carbocycles. The number of phosphoric ester groups is 1. The number of ether oxygens (including phenoxy) is 1. The van der Waals surface area contributed by atoms with Crippen LogP contribution in [0.3, 0.4) is 0 Å². The second-order valence-corrected chi connectivity index (χ2v) is 11.0. The number of nitrogens with zero attached hydrogens (tertiary/aromatic N) is 1. The fourth-order valence-corrected chi connectivity index (χ4v) is 6.10. The van der Waals surface area contributed by atoms with E-state index in [9.17, 15) is 38.7 Å². The van der Waals surface area contributed by atoms with Crippen molar-refractivity contribution in [3.63, 3.8) is 0 Å². The molecule has 3 rings (SSSR count). The normalized spacial score (nSPS) is 28.3.